The standard InChI is InChI=1S/C34H46FN7O3/c1-5-6-7-13-37-33-32-29(38-34(36)39-33)12-14-42(32)22-25-9-8-24(17-30(25)44-3)20-40-15-16-41(27(19-35)23-40)21-26-10-11-28(43-2)18-31(26)45-4/h8-12,14,17-18,27H,5-7,13,15-16,19-23H2,1-4H3,(H3,36,37,38,39)/t27-/m0/s1. The van der Waals surface area contributed by atoms with Gasteiger partial charge in [0.05, 0.1) is 39.4 Å². The third-order valence-electron chi connectivity index (χ3n) is 8.53. The quantitative estimate of drug-likeness (QED) is 0.171. The molecule has 0 amide bonds. The Hall–Kier alpha value is -4.09. The summed E-state index contributed by atoms with van der Waals surface area (Å²) in [5.41, 5.74) is 10.9. The summed E-state index contributed by atoms with van der Waals surface area (Å²) in [7, 11) is 4.99. The first-order valence-corrected chi connectivity index (χ1v) is 15.7. The molecule has 1 atom stereocenters. The van der Waals surface area contributed by atoms with Crippen molar-refractivity contribution in [2.75, 3.05) is 65.2 Å². The molecule has 1 aliphatic rings. The molecule has 242 valence electrons. The van der Waals surface area contributed by atoms with Gasteiger partial charge in [0.25, 0.3) is 0 Å². The first-order chi connectivity index (χ1) is 22.0. The van der Waals surface area contributed by atoms with E-state index in [1.165, 1.54) is 0 Å². The SMILES string of the molecule is CCCCCNc1nc(N)nc2ccn(Cc3ccc(CN4CCN(Cc5ccc(OC)cc5OC)[C@@H](CF)C4)cc3OC)c12. The van der Waals surface area contributed by atoms with Crippen LogP contribution in [0.25, 0.3) is 11.0 Å². The van der Waals surface area contributed by atoms with Crippen molar-refractivity contribution in [1.29, 1.82) is 0 Å². The molecule has 5 rings (SSSR count). The number of halogens is 1. The number of methoxy groups -OCH3 is 3. The molecule has 0 saturated carbocycles. The molecule has 1 saturated heterocycles. The van der Waals surface area contributed by atoms with Gasteiger partial charge in [-0.3, -0.25) is 9.80 Å². The summed E-state index contributed by atoms with van der Waals surface area (Å²) in [6.45, 7) is 6.80. The minimum Gasteiger partial charge on any atom is -0.497 e. The van der Waals surface area contributed by atoms with Gasteiger partial charge in [-0.05, 0) is 30.2 Å². The maximum absolute atomic E-state index is 14.3. The highest BCUT2D eigenvalue weighted by atomic mass is 19.1. The summed E-state index contributed by atoms with van der Waals surface area (Å²) in [4.78, 5) is 13.5. The molecule has 3 N–H and O–H groups in total. The van der Waals surface area contributed by atoms with E-state index in [-0.39, 0.29) is 12.0 Å². The fraction of sp³-hybridized carbons (Fsp3) is 0.471. The molecular formula is C34H46FN7O3. The van der Waals surface area contributed by atoms with Gasteiger partial charge in [0.1, 0.15) is 29.4 Å². The number of nitrogen functional groups attached to an aromatic ring is 1. The van der Waals surface area contributed by atoms with Gasteiger partial charge >= 0.3 is 0 Å². The van der Waals surface area contributed by atoms with E-state index in [2.05, 4.69) is 54.8 Å². The number of rotatable bonds is 15. The topological polar surface area (TPSA) is 103 Å². The Morgan fingerprint density at radius 1 is 0.911 bits per heavy atom. The number of nitrogens with zero attached hydrogens (tertiary/aromatic N) is 5. The molecular weight excluding hydrogens is 573 g/mol. The predicted octanol–water partition coefficient (Wildman–Crippen LogP) is 5.35. The minimum atomic E-state index is -0.410. The van der Waals surface area contributed by atoms with Gasteiger partial charge in [-0.25, -0.2) is 9.37 Å². The summed E-state index contributed by atoms with van der Waals surface area (Å²) in [6, 6.07) is 13.9. The van der Waals surface area contributed by atoms with E-state index < -0.39 is 6.67 Å². The lowest BCUT2D eigenvalue weighted by Crippen LogP contribution is -2.53. The molecule has 0 radical (unpaired) electrons. The molecule has 2 aromatic heterocycles. The van der Waals surface area contributed by atoms with Crippen molar-refractivity contribution in [2.45, 2.75) is 51.9 Å². The number of hydrogen-bond donors (Lipinski definition) is 2. The van der Waals surface area contributed by atoms with Crippen LogP contribution < -0.4 is 25.3 Å². The minimum absolute atomic E-state index is 0.199. The number of unbranched alkanes of at least 4 members (excludes halogenated alkanes) is 2. The molecule has 3 heterocycles. The van der Waals surface area contributed by atoms with Crippen LogP contribution in [0.5, 0.6) is 17.2 Å². The number of piperazine rings is 1. The zero-order valence-corrected chi connectivity index (χ0v) is 26.9. The fourth-order valence-electron chi connectivity index (χ4n) is 6.08. The average Bonchev–Trinajstić information content (AvgIpc) is 3.46. The molecule has 10 nitrogen and oxygen atoms in total. The van der Waals surface area contributed by atoms with E-state index in [0.29, 0.717) is 19.6 Å². The van der Waals surface area contributed by atoms with E-state index in [9.17, 15) is 4.39 Å². The number of fused-ring (bicyclic) bond motifs is 1. The number of anilines is 2. The molecule has 1 aliphatic heterocycles. The molecule has 4 aromatic rings. The molecule has 0 spiro atoms. The van der Waals surface area contributed by atoms with Crippen molar-refractivity contribution in [1.82, 2.24) is 24.3 Å². The molecule has 0 aliphatic carbocycles. The Balaban J connectivity index is 1.26. The monoisotopic (exact) mass is 619 g/mol. The lowest BCUT2D eigenvalue weighted by atomic mass is 10.1. The van der Waals surface area contributed by atoms with E-state index >= 15 is 0 Å². The van der Waals surface area contributed by atoms with Gasteiger partial charge < -0.3 is 29.8 Å². The van der Waals surface area contributed by atoms with Crippen molar-refractivity contribution >= 4 is 22.8 Å². The molecule has 0 bridgehead atoms. The maximum Gasteiger partial charge on any atom is 0.222 e. The largest absolute Gasteiger partial charge is 0.497 e. The number of benzene rings is 2. The third-order valence-corrected chi connectivity index (χ3v) is 8.53. The van der Waals surface area contributed by atoms with Gasteiger partial charge in [-0.15, -0.1) is 0 Å². The van der Waals surface area contributed by atoms with Crippen molar-refractivity contribution < 1.29 is 18.6 Å². The Kier molecular flexibility index (Phi) is 11.0. The maximum atomic E-state index is 14.3. The van der Waals surface area contributed by atoms with Gasteiger partial charge in [0.2, 0.25) is 5.95 Å². The molecule has 45 heavy (non-hydrogen) atoms. The number of ether oxygens (including phenoxy) is 3. The Morgan fingerprint density at radius 3 is 2.44 bits per heavy atom. The van der Waals surface area contributed by atoms with Crippen LogP contribution in [-0.2, 0) is 19.6 Å². The zero-order chi connectivity index (χ0) is 31.8. The van der Waals surface area contributed by atoms with Crippen molar-refractivity contribution in [3.63, 3.8) is 0 Å². The first-order valence-electron chi connectivity index (χ1n) is 15.7. The second-order valence-electron chi connectivity index (χ2n) is 11.6. The predicted molar refractivity (Wildman–Crippen MR) is 177 cm³/mol. The summed E-state index contributed by atoms with van der Waals surface area (Å²) < 4.78 is 33.2. The Bertz CT molecular complexity index is 1560. The van der Waals surface area contributed by atoms with E-state index in [4.69, 9.17) is 19.9 Å². The fourth-order valence-corrected chi connectivity index (χ4v) is 6.08. The first kappa shape index (κ1) is 32.3. The number of aromatic nitrogens is 3. The van der Waals surface area contributed by atoms with Crippen LogP contribution in [0.3, 0.4) is 0 Å². The molecule has 2 aromatic carbocycles. The van der Waals surface area contributed by atoms with Crippen molar-refractivity contribution in [2.24, 2.45) is 0 Å². The lowest BCUT2D eigenvalue weighted by molar-refractivity contribution is 0.0500. The van der Waals surface area contributed by atoms with Crippen molar-refractivity contribution in [3.05, 3.63) is 65.4 Å². The second kappa shape index (κ2) is 15.3. The highest BCUT2D eigenvalue weighted by Gasteiger charge is 2.28. The van der Waals surface area contributed by atoms with E-state index in [0.717, 1.165) is 96.2 Å². The van der Waals surface area contributed by atoms with Gasteiger partial charge in [-0.1, -0.05) is 38.0 Å². The lowest BCUT2D eigenvalue weighted by Gasteiger charge is -2.40. The van der Waals surface area contributed by atoms with Crippen LogP contribution in [0.2, 0.25) is 0 Å². The van der Waals surface area contributed by atoms with Crippen LogP contribution in [0.15, 0.2) is 48.7 Å². The van der Waals surface area contributed by atoms with Crippen LogP contribution in [0, 0.1) is 0 Å². The van der Waals surface area contributed by atoms with Gasteiger partial charge in [0, 0.05) is 62.7 Å². The molecule has 1 fully saturated rings. The van der Waals surface area contributed by atoms with Crippen LogP contribution >= 0.6 is 0 Å². The van der Waals surface area contributed by atoms with Crippen molar-refractivity contribution in [3.8, 4) is 17.2 Å². The summed E-state index contributed by atoms with van der Waals surface area (Å²) in [5.74, 6) is 3.32. The van der Waals surface area contributed by atoms with Crippen LogP contribution in [0.1, 0.15) is 42.9 Å². The Labute approximate surface area is 265 Å². The van der Waals surface area contributed by atoms with Crippen LogP contribution in [0.4, 0.5) is 16.2 Å². The van der Waals surface area contributed by atoms with E-state index in [1.807, 2.05) is 30.5 Å². The summed E-state index contributed by atoms with van der Waals surface area (Å²) in [6.07, 6.45) is 5.39. The highest BCUT2D eigenvalue weighted by Crippen LogP contribution is 2.29. The Morgan fingerprint density at radius 2 is 1.69 bits per heavy atom. The normalized spacial score (nSPS) is 15.8. The summed E-state index contributed by atoms with van der Waals surface area (Å²) >= 11 is 0. The van der Waals surface area contributed by atoms with E-state index in [1.54, 1.807) is 21.3 Å². The molecule has 0 unspecified atom stereocenters. The highest BCUT2D eigenvalue weighted by molar-refractivity contribution is 5.87. The third kappa shape index (κ3) is 7.77. The average molecular weight is 620 g/mol. The summed E-state index contributed by atoms with van der Waals surface area (Å²) in [5, 5.41) is 3.46. The van der Waals surface area contributed by atoms with Crippen LogP contribution in [-0.4, -0.2) is 84.6 Å². The zero-order valence-electron chi connectivity index (χ0n) is 26.9. The van der Waals surface area contributed by atoms with Gasteiger partial charge in [-0.2, -0.15) is 4.98 Å². The number of nitrogens with one attached hydrogen (secondary N) is 1. The number of alkyl halides is 1. The van der Waals surface area contributed by atoms with Gasteiger partial charge in [0.15, 0.2) is 5.82 Å². The smallest absolute Gasteiger partial charge is 0.222 e. The molecule has 11 heteroatoms. The second-order valence-corrected chi connectivity index (χ2v) is 11.6. The number of nitrogens with two attached hydrogens (primary N) is 1. The number of hydrogen-bond acceptors (Lipinski definition) is 9.